The van der Waals surface area contributed by atoms with E-state index in [-0.39, 0.29) is 11.9 Å². The molecule has 0 radical (unpaired) electrons. The lowest BCUT2D eigenvalue weighted by Crippen LogP contribution is -2.52. The van der Waals surface area contributed by atoms with Gasteiger partial charge in [0, 0.05) is 38.8 Å². The predicted molar refractivity (Wildman–Crippen MR) is 130 cm³/mol. The van der Waals surface area contributed by atoms with Crippen molar-refractivity contribution in [3.63, 3.8) is 0 Å². The van der Waals surface area contributed by atoms with Gasteiger partial charge in [-0.1, -0.05) is 19.9 Å². The third kappa shape index (κ3) is 7.34. The van der Waals surface area contributed by atoms with Crippen molar-refractivity contribution in [3.05, 3.63) is 29.6 Å². The fourth-order valence-electron chi connectivity index (χ4n) is 4.09. The molecule has 32 heavy (non-hydrogen) atoms. The topological polar surface area (TPSA) is 52.1 Å². The quantitative estimate of drug-likeness (QED) is 0.425. The Kier molecular flexibility index (Phi) is 9.17. The van der Waals surface area contributed by atoms with Gasteiger partial charge in [0.2, 0.25) is 0 Å². The average Bonchev–Trinajstić information content (AvgIpc) is 3.58. The minimum absolute atomic E-state index is 0.0686. The summed E-state index contributed by atoms with van der Waals surface area (Å²) in [5.41, 5.74) is 0.881. The number of rotatable bonds is 10. The number of nitrogens with one attached hydrogen (secondary N) is 2. The van der Waals surface area contributed by atoms with Crippen LogP contribution in [0.15, 0.2) is 23.2 Å². The van der Waals surface area contributed by atoms with E-state index in [0.717, 1.165) is 50.8 Å². The normalized spacial score (nSPS) is 20.3. The number of nitrogens with zero attached hydrogens (tertiary/aromatic N) is 3. The van der Waals surface area contributed by atoms with Gasteiger partial charge in [-0.05, 0) is 63.3 Å². The van der Waals surface area contributed by atoms with Gasteiger partial charge in [-0.3, -0.25) is 9.89 Å². The molecule has 1 aliphatic heterocycles. The van der Waals surface area contributed by atoms with Crippen LogP contribution in [0.5, 0.6) is 5.75 Å². The molecule has 3 rings (SSSR count). The molecule has 1 aliphatic carbocycles. The highest BCUT2D eigenvalue weighted by Gasteiger charge is 2.25. The zero-order chi connectivity index (χ0) is 23.1. The SMILES string of the molecule is CCNC(=NCC(C(C)C)N1CCN(C)CC1)NC(C)c1ccc(OCC2CC2)c(F)c1. The molecule has 2 aliphatic rings. The first kappa shape index (κ1) is 24.8. The first-order chi connectivity index (χ1) is 15.4. The van der Waals surface area contributed by atoms with Crippen LogP contribution in [0.4, 0.5) is 4.39 Å². The Morgan fingerprint density at radius 3 is 2.50 bits per heavy atom. The van der Waals surface area contributed by atoms with Gasteiger partial charge in [-0.25, -0.2) is 4.39 Å². The van der Waals surface area contributed by atoms with E-state index in [0.29, 0.717) is 30.2 Å². The largest absolute Gasteiger partial charge is 0.490 e. The zero-order valence-electron chi connectivity index (χ0n) is 20.5. The molecular weight excluding hydrogens is 405 g/mol. The first-order valence-electron chi connectivity index (χ1n) is 12.3. The van der Waals surface area contributed by atoms with Gasteiger partial charge in [-0.2, -0.15) is 0 Å². The summed E-state index contributed by atoms with van der Waals surface area (Å²) in [7, 11) is 2.18. The number of aliphatic imine (C=N–C) groups is 1. The maximum absolute atomic E-state index is 14.5. The van der Waals surface area contributed by atoms with Crippen molar-refractivity contribution >= 4 is 5.96 Å². The first-order valence-corrected chi connectivity index (χ1v) is 12.3. The molecule has 2 unspecified atom stereocenters. The van der Waals surface area contributed by atoms with Gasteiger partial charge in [0.05, 0.1) is 19.2 Å². The fourth-order valence-corrected chi connectivity index (χ4v) is 4.09. The zero-order valence-corrected chi connectivity index (χ0v) is 20.5. The molecule has 0 bridgehead atoms. The van der Waals surface area contributed by atoms with Crippen LogP contribution in [-0.4, -0.2) is 74.7 Å². The van der Waals surface area contributed by atoms with E-state index in [9.17, 15) is 4.39 Å². The number of benzene rings is 1. The molecule has 2 atom stereocenters. The van der Waals surface area contributed by atoms with Gasteiger partial charge in [0.25, 0.3) is 0 Å². The number of halogens is 1. The molecule has 2 fully saturated rings. The van der Waals surface area contributed by atoms with E-state index >= 15 is 0 Å². The van der Waals surface area contributed by atoms with Gasteiger partial charge in [0.1, 0.15) is 0 Å². The molecule has 6 nitrogen and oxygen atoms in total. The van der Waals surface area contributed by atoms with Gasteiger partial charge < -0.3 is 20.3 Å². The second-order valence-corrected chi connectivity index (χ2v) is 9.68. The smallest absolute Gasteiger partial charge is 0.191 e. The van der Waals surface area contributed by atoms with Crippen molar-refractivity contribution < 1.29 is 9.13 Å². The lowest BCUT2D eigenvalue weighted by molar-refractivity contribution is 0.0925. The van der Waals surface area contributed by atoms with Crippen molar-refractivity contribution in [1.82, 2.24) is 20.4 Å². The number of guanidine groups is 1. The Bertz CT molecular complexity index is 744. The predicted octanol–water partition coefficient (Wildman–Crippen LogP) is 3.50. The number of piperazine rings is 1. The van der Waals surface area contributed by atoms with Gasteiger partial charge in [0.15, 0.2) is 17.5 Å². The second-order valence-electron chi connectivity index (χ2n) is 9.68. The van der Waals surface area contributed by atoms with Crippen molar-refractivity contribution in [3.8, 4) is 5.75 Å². The van der Waals surface area contributed by atoms with E-state index < -0.39 is 0 Å². The summed E-state index contributed by atoms with van der Waals surface area (Å²) in [5.74, 6) is 1.96. The summed E-state index contributed by atoms with van der Waals surface area (Å²) < 4.78 is 20.2. The molecular formula is C25H42FN5O. The Hall–Kier alpha value is -1.86. The third-order valence-electron chi connectivity index (χ3n) is 6.54. The van der Waals surface area contributed by atoms with E-state index in [1.54, 1.807) is 12.1 Å². The van der Waals surface area contributed by atoms with Crippen molar-refractivity contribution in [1.29, 1.82) is 0 Å². The van der Waals surface area contributed by atoms with Crippen LogP contribution in [0, 0.1) is 17.7 Å². The summed E-state index contributed by atoms with van der Waals surface area (Å²) in [5, 5.41) is 6.80. The summed E-state index contributed by atoms with van der Waals surface area (Å²) in [6.45, 7) is 15.2. The Balaban J connectivity index is 1.61. The Morgan fingerprint density at radius 1 is 1.19 bits per heavy atom. The number of hydrogen-bond donors (Lipinski definition) is 2. The molecule has 1 aromatic rings. The van der Waals surface area contributed by atoms with Crippen LogP contribution in [0.2, 0.25) is 0 Å². The summed E-state index contributed by atoms with van der Waals surface area (Å²) >= 11 is 0. The van der Waals surface area contributed by atoms with Crippen LogP contribution in [0.25, 0.3) is 0 Å². The monoisotopic (exact) mass is 447 g/mol. The Morgan fingerprint density at radius 2 is 1.91 bits per heavy atom. The van der Waals surface area contributed by atoms with Crippen molar-refractivity contribution in [2.24, 2.45) is 16.8 Å². The van der Waals surface area contributed by atoms with Crippen molar-refractivity contribution in [2.45, 2.75) is 52.6 Å². The standard InChI is InChI=1S/C25H42FN5O/c1-6-27-25(28-16-23(18(2)3)31-13-11-30(5)12-14-31)29-19(4)21-9-10-24(22(26)15-21)32-17-20-7-8-20/h9-10,15,18-20,23H,6-8,11-14,16-17H2,1-5H3,(H2,27,28,29). The maximum atomic E-state index is 14.5. The number of hydrogen-bond acceptors (Lipinski definition) is 4. The number of ether oxygens (including phenoxy) is 1. The molecule has 2 N–H and O–H groups in total. The van der Waals surface area contributed by atoms with Crippen LogP contribution >= 0.6 is 0 Å². The highest BCUT2D eigenvalue weighted by Crippen LogP contribution is 2.30. The molecule has 1 aromatic carbocycles. The lowest BCUT2D eigenvalue weighted by Gasteiger charge is -2.39. The molecule has 180 valence electrons. The molecule has 0 amide bonds. The van der Waals surface area contributed by atoms with Crippen LogP contribution < -0.4 is 15.4 Å². The van der Waals surface area contributed by atoms with E-state index in [1.165, 1.54) is 12.8 Å². The molecule has 0 spiro atoms. The maximum Gasteiger partial charge on any atom is 0.191 e. The van der Waals surface area contributed by atoms with Crippen LogP contribution in [-0.2, 0) is 0 Å². The lowest BCUT2D eigenvalue weighted by atomic mass is 10.0. The molecule has 0 aromatic heterocycles. The summed E-state index contributed by atoms with van der Waals surface area (Å²) in [6, 6.07) is 5.60. The molecule has 1 saturated carbocycles. The summed E-state index contributed by atoms with van der Waals surface area (Å²) in [4.78, 5) is 9.86. The third-order valence-corrected chi connectivity index (χ3v) is 6.54. The van der Waals surface area contributed by atoms with E-state index in [1.807, 2.05) is 13.0 Å². The minimum Gasteiger partial charge on any atom is -0.490 e. The summed E-state index contributed by atoms with van der Waals surface area (Å²) in [6.07, 6.45) is 2.39. The van der Waals surface area contributed by atoms with Gasteiger partial charge >= 0.3 is 0 Å². The van der Waals surface area contributed by atoms with Crippen LogP contribution in [0.3, 0.4) is 0 Å². The Labute approximate surface area is 193 Å². The highest BCUT2D eigenvalue weighted by molar-refractivity contribution is 5.80. The van der Waals surface area contributed by atoms with Crippen molar-refractivity contribution in [2.75, 3.05) is 52.9 Å². The fraction of sp³-hybridized carbons (Fsp3) is 0.720. The van der Waals surface area contributed by atoms with Gasteiger partial charge in [-0.15, -0.1) is 0 Å². The van der Waals surface area contributed by atoms with E-state index in [4.69, 9.17) is 9.73 Å². The second kappa shape index (κ2) is 11.8. The van der Waals surface area contributed by atoms with E-state index in [2.05, 4.69) is 48.3 Å². The molecule has 1 saturated heterocycles. The minimum atomic E-state index is -0.298. The van der Waals surface area contributed by atoms with Crippen LogP contribution in [0.1, 0.15) is 52.1 Å². The molecule has 1 heterocycles. The molecule has 7 heteroatoms. The number of likely N-dealkylation sites (N-methyl/N-ethyl adjacent to an activating group) is 1. The average molecular weight is 448 g/mol. The highest BCUT2D eigenvalue weighted by atomic mass is 19.1.